The highest BCUT2D eigenvalue weighted by molar-refractivity contribution is 14.0. The maximum atomic E-state index is 6.10. The molecule has 148 valence electrons. The molecule has 1 aliphatic rings. The molecule has 2 unspecified atom stereocenters. The predicted molar refractivity (Wildman–Crippen MR) is 116 cm³/mol. The van der Waals surface area contributed by atoms with Crippen molar-refractivity contribution < 1.29 is 14.2 Å². The summed E-state index contributed by atoms with van der Waals surface area (Å²) in [7, 11) is 1.75. The normalized spacial score (nSPS) is 18.1. The maximum absolute atomic E-state index is 6.10. The smallest absolute Gasteiger partial charge is 0.191 e. The van der Waals surface area contributed by atoms with E-state index in [1.165, 1.54) is 0 Å². The van der Waals surface area contributed by atoms with Crippen molar-refractivity contribution in [3.8, 4) is 5.75 Å². The van der Waals surface area contributed by atoms with Crippen molar-refractivity contribution in [3.63, 3.8) is 0 Å². The maximum Gasteiger partial charge on any atom is 0.191 e. The Hall–Kier alpha value is -0.770. The van der Waals surface area contributed by atoms with Gasteiger partial charge in [0, 0.05) is 26.8 Å². The molecule has 0 aliphatic carbocycles. The van der Waals surface area contributed by atoms with Crippen LogP contribution in [0.2, 0.25) is 5.02 Å². The minimum atomic E-state index is -0.0378. The van der Waals surface area contributed by atoms with Crippen LogP contribution in [0.3, 0.4) is 0 Å². The molecular weight excluding hydrogens is 469 g/mol. The van der Waals surface area contributed by atoms with Crippen molar-refractivity contribution in [2.24, 2.45) is 4.99 Å². The number of nitrogens with one attached hydrogen (secondary N) is 2. The average molecular weight is 498 g/mol. The van der Waals surface area contributed by atoms with Crippen LogP contribution in [-0.4, -0.2) is 58.1 Å². The Morgan fingerprint density at radius 2 is 2.19 bits per heavy atom. The predicted octanol–water partition coefficient (Wildman–Crippen LogP) is 3.09. The number of rotatable bonds is 9. The van der Waals surface area contributed by atoms with E-state index in [9.17, 15) is 0 Å². The van der Waals surface area contributed by atoms with E-state index in [1.54, 1.807) is 7.05 Å². The summed E-state index contributed by atoms with van der Waals surface area (Å²) in [5.41, 5.74) is 0. The average Bonchev–Trinajstić information content (AvgIpc) is 3.13. The zero-order valence-corrected chi connectivity index (χ0v) is 18.5. The zero-order chi connectivity index (χ0) is 17.9. The van der Waals surface area contributed by atoms with Gasteiger partial charge in [-0.1, -0.05) is 23.7 Å². The van der Waals surface area contributed by atoms with Gasteiger partial charge in [-0.25, -0.2) is 0 Å². The number of ether oxygens (including phenoxy) is 3. The Kier molecular flexibility index (Phi) is 12.0. The summed E-state index contributed by atoms with van der Waals surface area (Å²) in [5.74, 6) is 1.44. The van der Waals surface area contributed by atoms with E-state index in [-0.39, 0.29) is 36.2 Å². The molecule has 26 heavy (non-hydrogen) atoms. The van der Waals surface area contributed by atoms with Crippen molar-refractivity contribution in [3.05, 3.63) is 29.3 Å². The Bertz CT molecular complexity index is 542. The molecule has 0 amide bonds. The molecule has 2 N–H and O–H groups in total. The van der Waals surface area contributed by atoms with Gasteiger partial charge in [0.05, 0.1) is 24.3 Å². The minimum Gasteiger partial charge on any atom is -0.487 e. The second-order valence-electron chi connectivity index (χ2n) is 5.95. The fourth-order valence-corrected chi connectivity index (χ4v) is 2.61. The van der Waals surface area contributed by atoms with Gasteiger partial charge < -0.3 is 24.8 Å². The molecule has 8 heteroatoms. The largest absolute Gasteiger partial charge is 0.487 e. The fraction of sp³-hybridized carbons (Fsp3) is 0.611. The number of para-hydroxylation sites is 1. The molecule has 1 fully saturated rings. The SMILES string of the molecule is CN=C(NCCCOC1CCOC1)NCC(C)Oc1ccccc1Cl.I. The molecule has 0 aromatic heterocycles. The molecule has 1 saturated heterocycles. The third kappa shape index (κ3) is 8.75. The van der Waals surface area contributed by atoms with Gasteiger partial charge in [0.15, 0.2) is 5.96 Å². The van der Waals surface area contributed by atoms with Gasteiger partial charge in [0.25, 0.3) is 0 Å². The van der Waals surface area contributed by atoms with Crippen molar-refractivity contribution in [1.29, 1.82) is 0 Å². The van der Waals surface area contributed by atoms with Crippen LogP contribution in [0.15, 0.2) is 29.3 Å². The quantitative estimate of drug-likeness (QED) is 0.238. The lowest BCUT2D eigenvalue weighted by molar-refractivity contribution is 0.0420. The number of halogens is 2. The lowest BCUT2D eigenvalue weighted by Crippen LogP contribution is -2.42. The third-order valence-electron chi connectivity index (χ3n) is 3.80. The molecule has 1 aromatic rings. The number of nitrogens with zero attached hydrogens (tertiary/aromatic N) is 1. The molecule has 2 rings (SSSR count). The lowest BCUT2D eigenvalue weighted by atomic mass is 10.3. The number of hydrogen-bond acceptors (Lipinski definition) is 4. The van der Waals surface area contributed by atoms with E-state index < -0.39 is 0 Å². The summed E-state index contributed by atoms with van der Waals surface area (Å²) in [4.78, 5) is 4.21. The van der Waals surface area contributed by atoms with Gasteiger partial charge in [-0.15, -0.1) is 24.0 Å². The van der Waals surface area contributed by atoms with E-state index in [2.05, 4.69) is 15.6 Å². The van der Waals surface area contributed by atoms with Gasteiger partial charge in [0.2, 0.25) is 0 Å². The molecule has 0 bridgehead atoms. The Morgan fingerprint density at radius 1 is 1.38 bits per heavy atom. The Labute approximate surface area is 178 Å². The molecule has 1 aliphatic heterocycles. The highest BCUT2D eigenvalue weighted by atomic mass is 127. The first-order valence-electron chi connectivity index (χ1n) is 8.74. The molecule has 6 nitrogen and oxygen atoms in total. The van der Waals surface area contributed by atoms with Gasteiger partial charge in [-0.2, -0.15) is 0 Å². The van der Waals surface area contributed by atoms with E-state index in [4.69, 9.17) is 25.8 Å². The van der Waals surface area contributed by atoms with Gasteiger partial charge in [0.1, 0.15) is 11.9 Å². The molecule has 0 spiro atoms. The minimum absolute atomic E-state index is 0. The summed E-state index contributed by atoms with van der Waals surface area (Å²) in [6, 6.07) is 7.47. The summed E-state index contributed by atoms with van der Waals surface area (Å²) in [6.07, 6.45) is 2.15. The zero-order valence-electron chi connectivity index (χ0n) is 15.4. The number of aliphatic imine (C=N–C) groups is 1. The first-order valence-corrected chi connectivity index (χ1v) is 9.12. The lowest BCUT2D eigenvalue weighted by Gasteiger charge is -2.18. The molecule has 1 heterocycles. The van der Waals surface area contributed by atoms with Crippen LogP contribution in [-0.2, 0) is 9.47 Å². The van der Waals surface area contributed by atoms with Crippen molar-refractivity contribution >= 4 is 41.5 Å². The Balaban J connectivity index is 0.00000338. The fourth-order valence-electron chi connectivity index (χ4n) is 2.43. The standard InChI is InChI=1S/C18H28ClN3O3.HI/c1-14(25-17-7-4-3-6-16(17)19)12-22-18(20-2)21-9-5-10-24-15-8-11-23-13-15;/h3-4,6-7,14-15H,5,8-13H2,1-2H3,(H2,20,21,22);1H. The van der Waals surface area contributed by atoms with Crippen molar-refractivity contribution in [1.82, 2.24) is 10.6 Å². The third-order valence-corrected chi connectivity index (χ3v) is 4.11. The number of benzene rings is 1. The van der Waals surface area contributed by atoms with Crippen molar-refractivity contribution in [2.45, 2.75) is 32.0 Å². The highest BCUT2D eigenvalue weighted by Crippen LogP contribution is 2.23. The summed E-state index contributed by atoms with van der Waals surface area (Å²) < 4.78 is 16.9. The van der Waals surface area contributed by atoms with Crippen molar-refractivity contribution in [2.75, 3.05) is 40.0 Å². The van der Waals surface area contributed by atoms with Crippen LogP contribution in [0.4, 0.5) is 0 Å². The second kappa shape index (κ2) is 13.4. The summed E-state index contributed by atoms with van der Waals surface area (Å²) in [5, 5.41) is 7.14. The molecule has 0 radical (unpaired) electrons. The molecule has 2 atom stereocenters. The molecule has 1 aromatic carbocycles. The first-order chi connectivity index (χ1) is 12.2. The van der Waals surface area contributed by atoms with Gasteiger partial charge >= 0.3 is 0 Å². The highest BCUT2D eigenvalue weighted by Gasteiger charge is 2.15. The van der Waals surface area contributed by atoms with Crippen LogP contribution < -0.4 is 15.4 Å². The first kappa shape index (κ1) is 23.3. The molecule has 0 saturated carbocycles. The van der Waals surface area contributed by atoms with Gasteiger partial charge in [-0.05, 0) is 31.9 Å². The topological polar surface area (TPSA) is 64.1 Å². The van der Waals surface area contributed by atoms with E-state index in [1.807, 2.05) is 31.2 Å². The second-order valence-corrected chi connectivity index (χ2v) is 6.36. The van der Waals surface area contributed by atoms with Crippen LogP contribution >= 0.6 is 35.6 Å². The van der Waals surface area contributed by atoms with Gasteiger partial charge in [-0.3, -0.25) is 4.99 Å². The Morgan fingerprint density at radius 3 is 2.88 bits per heavy atom. The summed E-state index contributed by atoms with van der Waals surface area (Å²) in [6.45, 7) is 5.67. The van der Waals surface area contributed by atoms with Crippen LogP contribution in [0.5, 0.6) is 5.75 Å². The van der Waals surface area contributed by atoms with E-state index in [0.29, 0.717) is 17.3 Å². The van der Waals surface area contributed by atoms with Crippen LogP contribution in [0.25, 0.3) is 0 Å². The van der Waals surface area contributed by atoms with Crippen LogP contribution in [0.1, 0.15) is 19.8 Å². The molecular formula is C18H29ClIN3O3. The summed E-state index contributed by atoms with van der Waals surface area (Å²) >= 11 is 6.10. The van der Waals surface area contributed by atoms with E-state index in [0.717, 1.165) is 45.2 Å². The monoisotopic (exact) mass is 497 g/mol. The van der Waals surface area contributed by atoms with Crippen LogP contribution in [0, 0.1) is 0 Å². The van der Waals surface area contributed by atoms with E-state index >= 15 is 0 Å². The number of guanidine groups is 1. The number of hydrogen-bond donors (Lipinski definition) is 2.